The van der Waals surface area contributed by atoms with Crippen LogP contribution < -0.4 is 10.2 Å². The van der Waals surface area contributed by atoms with E-state index >= 15 is 0 Å². The third-order valence-corrected chi connectivity index (χ3v) is 7.35. The van der Waals surface area contributed by atoms with Crippen molar-refractivity contribution in [2.45, 2.75) is 32.8 Å². The zero-order valence-corrected chi connectivity index (χ0v) is 22.3. The number of aliphatic hydroxyl groups excluding tert-OH is 1. The molecular formula is C27H28Cl2N4O5. The number of halogens is 2. The minimum atomic E-state index is -1.18. The van der Waals surface area contributed by atoms with Crippen molar-refractivity contribution in [3.63, 3.8) is 0 Å². The van der Waals surface area contributed by atoms with Crippen molar-refractivity contribution in [3.05, 3.63) is 69.2 Å². The quantitative estimate of drug-likeness (QED) is 0.322. The number of aromatic nitrogens is 2. The number of nitrogens with one attached hydrogen (secondary N) is 1. The molecule has 0 saturated carbocycles. The van der Waals surface area contributed by atoms with Crippen LogP contribution in [0.5, 0.6) is 5.75 Å². The fourth-order valence-electron chi connectivity index (χ4n) is 4.55. The smallest absolute Gasteiger partial charge is 0.322 e. The van der Waals surface area contributed by atoms with Gasteiger partial charge in [-0.15, -0.1) is 0 Å². The molecule has 0 atom stereocenters. The van der Waals surface area contributed by atoms with Crippen molar-refractivity contribution in [2.24, 2.45) is 5.92 Å². The van der Waals surface area contributed by atoms with Gasteiger partial charge in [0.05, 0.1) is 12.3 Å². The van der Waals surface area contributed by atoms with Crippen LogP contribution in [-0.2, 0) is 17.8 Å². The third kappa shape index (κ3) is 6.35. The summed E-state index contributed by atoms with van der Waals surface area (Å²) in [7, 11) is 0. The number of piperidine rings is 1. The highest BCUT2D eigenvalue weighted by Gasteiger charge is 2.24. The van der Waals surface area contributed by atoms with Gasteiger partial charge in [0.2, 0.25) is 0 Å². The van der Waals surface area contributed by atoms with Gasteiger partial charge in [-0.2, -0.15) is 0 Å². The molecule has 2 heterocycles. The normalized spacial score (nSPS) is 13.9. The van der Waals surface area contributed by atoms with Crippen LogP contribution in [0.25, 0.3) is 11.1 Å². The first-order valence-corrected chi connectivity index (χ1v) is 12.9. The molecule has 1 saturated heterocycles. The Bertz CT molecular complexity index is 1320. The van der Waals surface area contributed by atoms with Gasteiger partial charge in [0.15, 0.2) is 11.4 Å². The number of benzene rings is 2. The van der Waals surface area contributed by atoms with Gasteiger partial charge >= 0.3 is 5.97 Å². The SMILES string of the molecule is Cc1nc(CC2CCN(c3ccc(-c4cc(Cl)c(CO)c(Cl)c4)cc3)CC2)nc(C(=O)NCC(=O)O)c1O. The minimum Gasteiger partial charge on any atom is -0.504 e. The van der Waals surface area contributed by atoms with E-state index in [-0.39, 0.29) is 23.7 Å². The number of carboxylic acids is 1. The summed E-state index contributed by atoms with van der Waals surface area (Å²) in [6.45, 7) is 2.50. The first-order valence-electron chi connectivity index (χ1n) is 12.2. The van der Waals surface area contributed by atoms with Crippen molar-refractivity contribution < 1.29 is 24.9 Å². The fourth-order valence-corrected chi connectivity index (χ4v) is 5.16. The second kappa shape index (κ2) is 12.0. The van der Waals surface area contributed by atoms with E-state index in [2.05, 4.69) is 32.3 Å². The second-order valence-electron chi connectivity index (χ2n) is 9.26. The maximum Gasteiger partial charge on any atom is 0.322 e. The fraction of sp³-hybridized carbons (Fsp3) is 0.333. The first-order chi connectivity index (χ1) is 18.2. The van der Waals surface area contributed by atoms with Crippen LogP contribution in [0.2, 0.25) is 10.0 Å². The highest BCUT2D eigenvalue weighted by Crippen LogP contribution is 2.33. The lowest BCUT2D eigenvalue weighted by atomic mass is 9.92. The summed E-state index contributed by atoms with van der Waals surface area (Å²) in [6.07, 6.45) is 2.36. The summed E-state index contributed by atoms with van der Waals surface area (Å²) in [6, 6.07) is 11.8. The van der Waals surface area contributed by atoms with E-state index in [1.807, 2.05) is 12.1 Å². The van der Waals surface area contributed by atoms with Crippen LogP contribution in [0, 0.1) is 12.8 Å². The predicted molar refractivity (Wildman–Crippen MR) is 145 cm³/mol. The van der Waals surface area contributed by atoms with Crippen molar-refractivity contribution in [2.75, 3.05) is 24.5 Å². The topological polar surface area (TPSA) is 136 Å². The highest BCUT2D eigenvalue weighted by molar-refractivity contribution is 6.36. The van der Waals surface area contributed by atoms with Gasteiger partial charge < -0.3 is 25.5 Å². The molecule has 0 aliphatic carbocycles. The molecule has 9 nitrogen and oxygen atoms in total. The number of nitrogens with zero attached hydrogens (tertiary/aromatic N) is 3. The summed E-state index contributed by atoms with van der Waals surface area (Å²) in [5.74, 6) is -1.52. The Labute approximate surface area is 230 Å². The Morgan fingerprint density at radius 2 is 1.68 bits per heavy atom. The number of hydrogen-bond donors (Lipinski definition) is 4. The third-order valence-electron chi connectivity index (χ3n) is 6.67. The number of aliphatic carboxylic acids is 1. The molecule has 1 aromatic heterocycles. The van der Waals surface area contributed by atoms with E-state index in [0.717, 1.165) is 42.7 Å². The number of carbonyl (C=O) groups is 2. The van der Waals surface area contributed by atoms with E-state index in [9.17, 15) is 19.8 Å². The van der Waals surface area contributed by atoms with Crippen molar-refractivity contribution in [1.82, 2.24) is 15.3 Å². The van der Waals surface area contributed by atoms with E-state index in [4.69, 9.17) is 28.3 Å². The number of rotatable bonds is 8. The molecule has 0 unspecified atom stereocenters. The molecule has 2 aromatic carbocycles. The molecule has 1 aliphatic rings. The Morgan fingerprint density at radius 1 is 1.05 bits per heavy atom. The van der Waals surface area contributed by atoms with Gasteiger partial charge in [0, 0.05) is 40.8 Å². The monoisotopic (exact) mass is 558 g/mol. The molecule has 1 amide bonds. The summed E-state index contributed by atoms with van der Waals surface area (Å²) in [4.78, 5) is 33.9. The van der Waals surface area contributed by atoms with Gasteiger partial charge in [-0.3, -0.25) is 9.59 Å². The Balaban J connectivity index is 1.38. The molecular weight excluding hydrogens is 531 g/mol. The second-order valence-corrected chi connectivity index (χ2v) is 10.1. The number of aromatic hydroxyl groups is 1. The maximum absolute atomic E-state index is 12.3. The van der Waals surface area contributed by atoms with Gasteiger partial charge in [-0.05, 0) is 61.1 Å². The molecule has 1 aliphatic heterocycles. The Morgan fingerprint density at radius 3 is 2.26 bits per heavy atom. The first kappa shape index (κ1) is 27.6. The van der Waals surface area contributed by atoms with Crippen LogP contribution in [-0.4, -0.2) is 56.8 Å². The molecule has 4 N–H and O–H groups in total. The molecule has 0 radical (unpaired) electrons. The lowest BCUT2D eigenvalue weighted by Crippen LogP contribution is -2.34. The number of aliphatic hydroxyl groups is 1. The van der Waals surface area contributed by atoms with Crippen LogP contribution in [0.4, 0.5) is 5.69 Å². The van der Waals surface area contributed by atoms with Gasteiger partial charge in [-0.25, -0.2) is 9.97 Å². The van der Waals surface area contributed by atoms with Gasteiger partial charge in [0.1, 0.15) is 12.4 Å². The zero-order valence-electron chi connectivity index (χ0n) is 20.7. The van der Waals surface area contributed by atoms with E-state index in [1.165, 1.54) is 0 Å². The average Bonchev–Trinajstić information content (AvgIpc) is 2.89. The van der Waals surface area contributed by atoms with Gasteiger partial charge in [-0.1, -0.05) is 35.3 Å². The van der Waals surface area contributed by atoms with Gasteiger partial charge in [0.25, 0.3) is 5.91 Å². The Hall–Kier alpha value is -3.40. The number of hydrogen-bond acceptors (Lipinski definition) is 7. The molecule has 4 rings (SSSR count). The van der Waals surface area contributed by atoms with Crippen LogP contribution >= 0.6 is 23.2 Å². The summed E-state index contributed by atoms with van der Waals surface area (Å²) in [5.41, 5.74) is 3.54. The summed E-state index contributed by atoms with van der Waals surface area (Å²) in [5, 5.41) is 31.5. The molecule has 0 bridgehead atoms. The van der Waals surface area contributed by atoms with E-state index < -0.39 is 18.4 Å². The number of carboxylic acid groups (broad SMARTS) is 1. The molecule has 38 heavy (non-hydrogen) atoms. The van der Waals surface area contributed by atoms with E-state index in [0.29, 0.717) is 33.8 Å². The van der Waals surface area contributed by atoms with Crippen molar-refractivity contribution >= 4 is 40.8 Å². The number of amides is 1. The largest absolute Gasteiger partial charge is 0.504 e. The lowest BCUT2D eigenvalue weighted by molar-refractivity contribution is -0.135. The number of aryl methyl sites for hydroxylation is 1. The van der Waals surface area contributed by atoms with E-state index in [1.54, 1.807) is 19.1 Å². The molecule has 11 heteroatoms. The number of anilines is 1. The van der Waals surface area contributed by atoms with Crippen LogP contribution in [0.15, 0.2) is 36.4 Å². The maximum atomic E-state index is 12.3. The molecule has 200 valence electrons. The molecule has 3 aromatic rings. The van der Waals surface area contributed by atoms with Crippen LogP contribution in [0.3, 0.4) is 0 Å². The number of carbonyl (C=O) groups excluding carboxylic acids is 1. The highest BCUT2D eigenvalue weighted by atomic mass is 35.5. The average molecular weight is 559 g/mol. The Kier molecular flexibility index (Phi) is 8.71. The van der Waals surface area contributed by atoms with Crippen LogP contribution in [0.1, 0.15) is 40.4 Å². The predicted octanol–water partition coefficient (Wildman–Crippen LogP) is 4.23. The zero-order chi connectivity index (χ0) is 27.4. The lowest BCUT2D eigenvalue weighted by Gasteiger charge is -2.33. The summed E-state index contributed by atoms with van der Waals surface area (Å²) >= 11 is 12.5. The summed E-state index contributed by atoms with van der Waals surface area (Å²) < 4.78 is 0. The van der Waals surface area contributed by atoms with Crippen molar-refractivity contribution in [3.8, 4) is 16.9 Å². The molecule has 0 spiro atoms. The molecule has 1 fully saturated rings. The van der Waals surface area contributed by atoms with Crippen molar-refractivity contribution in [1.29, 1.82) is 0 Å². The standard InChI is InChI=1S/C27H28Cl2N4O5/c1-15-26(37)25(27(38)30-13-24(35)36)32-23(31-15)10-16-6-8-33(9-7-16)19-4-2-17(3-5-19)18-11-21(28)20(14-34)22(29)12-18/h2-5,11-12,16,34,37H,6-10,13-14H2,1H3,(H,30,38)(H,35,36). The minimum absolute atomic E-state index is 0.208.